The Bertz CT molecular complexity index is 1450. The fourth-order valence-electron chi connectivity index (χ4n) is 3.79. The van der Waals surface area contributed by atoms with E-state index in [2.05, 4.69) is 55.2 Å². The Kier molecular flexibility index (Phi) is 6.22. The summed E-state index contributed by atoms with van der Waals surface area (Å²) in [4.78, 5) is 0. The topological polar surface area (TPSA) is 56.7 Å². The molecular weight excluding hydrogens is 479 g/mol. The largest absolute Gasteiger partial charge is 0.415 e. The first-order valence-corrected chi connectivity index (χ1v) is 12.0. The normalized spacial score (nSPS) is 11.7. The fourth-order valence-corrected chi connectivity index (χ4v) is 4.04. The lowest BCUT2D eigenvalue weighted by atomic mass is 9.87. The Morgan fingerprint density at radius 3 is 1.91 bits per heavy atom. The molecule has 35 heavy (non-hydrogen) atoms. The summed E-state index contributed by atoms with van der Waals surface area (Å²) in [5, 5.41) is 14.8. The predicted octanol–water partition coefficient (Wildman–Crippen LogP) is 7.92. The van der Waals surface area contributed by atoms with Crippen molar-refractivity contribution in [2.24, 2.45) is 0 Å². The van der Waals surface area contributed by atoms with Crippen LogP contribution in [-0.2, 0) is 12.0 Å². The SMILES string of the molecule is CC(C)(C)c1ccc(Cn2nc(-c3ccc(Cl)cc3)cc2-c2nnc(-c3ccc(Cl)cc3)o2)cc1. The molecule has 0 aliphatic rings. The van der Waals surface area contributed by atoms with E-state index in [9.17, 15) is 0 Å². The molecule has 0 N–H and O–H groups in total. The van der Waals surface area contributed by atoms with Gasteiger partial charge in [-0.3, -0.25) is 4.68 Å². The van der Waals surface area contributed by atoms with Crippen molar-refractivity contribution >= 4 is 23.2 Å². The highest BCUT2D eigenvalue weighted by atomic mass is 35.5. The predicted molar refractivity (Wildman–Crippen MR) is 141 cm³/mol. The number of hydrogen-bond acceptors (Lipinski definition) is 4. The zero-order chi connectivity index (χ0) is 24.6. The summed E-state index contributed by atoms with van der Waals surface area (Å²) in [7, 11) is 0. The number of halogens is 2. The molecule has 3 aromatic carbocycles. The van der Waals surface area contributed by atoms with Gasteiger partial charge in [0, 0.05) is 21.2 Å². The number of aromatic nitrogens is 4. The molecule has 0 spiro atoms. The number of rotatable bonds is 5. The van der Waals surface area contributed by atoms with E-state index >= 15 is 0 Å². The van der Waals surface area contributed by atoms with Gasteiger partial charge in [0.05, 0.1) is 12.2 Å². The zero-order valence-electron chi connectivity index (χ0n) is 19.7. The van der Waals surface area contributed by atoms with Gasteiger partial charge in [0.15, 0.2) is 0 Å². The summed E-state index contributed by atoms with van der Waals surface area (Å²) in [6.07, 6.45) is 0. The van der Waals surface area contributed by atoms with E-state index in [0.29, 0.717) is 28.4 Å². The number of benzene rings is 3. The smallest absolute Gasteiger partial charge is 0.266 e. The lowest BCUT2D eigenvalue weighted by molar-refractivity contribution is 0.569. The van der Waals surface area contributed by atoms with Crippen molar-refractivity contribution < 1.29 is 4.42 Å². The standard InChI is InChI=1S/C28H24Cl2N4O/c1-28(2,3)21-10-4-18(5-11-21)17-34-25(16-24(33-34)19-6-12-22(29)13-7-19)27-32-31-26(35-27)20-8-14-23(30)15-9-20/h4-16H,17H2,1-3H3. The average Bonchev–Trinajstić information content (AvgIpc) is 3.47. The van der Waals surface area contributed by atoms with Crippen LogP contribution in [0.3, 0.4) is 0 Å². The maximum atomic E-state index is 6.09. The third kappa shape index (κ3) is 5.16. The van der Waals surface area contributed by atoms with E-state index in [1.807, 2.05) is 47.1 Å². The molecule has 0 bridgehead atoms. The monoisotopic (exact) mass is 502 g/mol. The number of nitrogens with zero attached hydrogens (tertiary/aromatic N) is 4. The first-order chi connectivity index (χ1) is 16.8. The van der Waals surface area contributed by atoms with Crippen LogP contribution in [0.5, 0.6) is 0 Å². The van der Waals surface area contributed by atoms with Crippen LogP contribution in [0.4, 0.5) is 0 Å². The Labute approximate surface area is 214 Å². The van der Waals surface area contributed by atoms with E-state index in [1.165, 1.54) is 5.56 Å². The molecule has 7 heteroatoms. The van der Waals surface area contributed by atoms with Gasteiger partial charge < -0.3 is 4.42 Å². The van der Waals surface area contributed by atoms with Crippen molar-refractivity contribution in [2.75, 3.05) is 0 Å². The van der Waals surface area contributed by atoms with Crippen LogP contribution in [0.25, 0.3) is 34.3 Å². The minimum absolute atomic E-state index is 0.0962. The van der Waals surface area contributed by atoms with E-state index < -0.39 is 0 Å². The Hall–Kier alpha value is -3.41. The van der Waals surface area contributed by atoms with Crippen molar-refractivity contribution in [3.05, 3.63) is 100 Å². The van der Waals surface area contributed by atoms with Crippen molar-refractivity contribution in [3.63, 3.8) is 0 Å². The maximum absolute atomic E-state index is 6.09. The van der Waals surface area contributed by atoms with E-state index in [1.54, 1.807) is 12.1 Å². The molecule has 5 nitrogen and oxygen atoms in total. The molecule has 5 aromatic rings. The van der Waals surface area contributed by atoms with Gasteiger partial charge >= 0.3 is 0 Å². The van der Waals surface area contributed by atoms with Crippen LogP contribution in [0.2, 0.25) is 10.0 Å². The summed E-state index contributed by atoms with van der Waals surface area (Å²) >= 11 is 12.1. The van der Waals surface area contributed by atoms with Crippen LogP contribution in [0.1, 0.15) is 31.9 Å². The van der Waals surface area contributed by atoms with Gasteiger partial charge in [0.25, 0.3) is 5.89 Å². The summed E-state index contributed by atoms with van der Waals surface area (Å²) in [5.41, 5.74) is 5.80. The van der Waals surface area contributed by atoms with Crippen LogP contribution < -0.4 is 0 Å². The molecular formula is C28H24Cl2N4O. The number of hydrogen-bond donors (Lipinski definition) is 0. The molecule has 0 atom stereocenters. The summed E-state index contributed by atoms with van der Waals surface area (Å²) in [6.45, 7) is 7.19. The Morgan fingerprint density at radius 1 is 0.743 bits per heavy atom. The van der Waals surface area contributed by atoms with Gasteiger partial charge in [-0.1, -0.05) is 80.4 Å². The summed E-state index contributed by atoms with van der Waals surface area (Å²) in [6, 6.07) is 25.5. The lowest BCUT2D eigenvalue weighted by Gasteiger charge is -2.19. The summed E-state index contributed by atoms with van der Waals surface area (Å²) < 4.78 is 7.96. The molecule has 0 aliphatic carbocycles. The molecule has 5 rings (SSSR count). The van der Waals surface area contributed by atoms with Gasteiger partial charge in [-0.05, 0) is 59.0 Å². The van der Waals surface area contributed by atoms with E-state index in [4.69, 9.17) is 32.7 Å². The molecule has 2 aromatic heterocycles. The Morgan fingerprint density at radius 2 is 1.31 bits per heavy atom. The summed E-state index contributed by atoms with van der Waals surface area (Å²) in [5.74, 6) is 0.820. The molecule has 0 radical (unpaired) electrons. The van der Waals surface area contributed by atoms with Gasteiger partial charge in [0.1, 0.15) is 5.69 Å². The highest BCUT2D eigenvalue weighted by Gasteiger charge is 2.19. The third-order valence-electron chi connectivity index (χ3n) is 5.81. The van der Waals surface area contributed by atoms with Crippen molar-refractivity contribution in [1.82, 2.24) is 20.0 Å². The Balaban J connectivity index is 1.53. The van der Waals surface area contributed by atoms with Gasteiger partial charge in [-0.2, -0.15) is 5.10 Å². The highest BCUT2D eigenvalue weighted by molar-refractivity contribution is 6.30. The van der Waals surface area contributed by atoms with Gasteiger partial charge in [0.2, 0.25) is 5.89 Å². The van der Waals surface area contributed by atoms with E-state index in [-0.39, 0.29) is 5.41 Å². The molecule has 0 fully saturated rings. The van der Waals surface area contributed by atoms with Crippen LogP contribution >= 0.6 is 23.2 Å². The van der Waals surface area contributed by atoms with Crippen LogP contribution in [-0.4, -0.2) is 20.0 Å². The van der Waals surface area contributed by atoms with E-state index in [0.717, 1.165) is 28.1 Å². The first kappa shape index (κ1) is 23.3. The quantitative estimate of drug-likeness (QED) is 0.245. The minimum Gasteiger partial charge on any atom is -0.415 e. The average molecular weight is 503 g/mol. The minimum atomic E-state index is 0.0962. The van der Waals surface area contributed by atoms with Crippen LogP contribution in [0.15, 0.2) is 83.3 Å². The lowest BCUT2D eigenvalue weighted by Crippen LogP contribution is -2.11. The van der Waals surface area contributed by atoms with Crippen molar-refractivity contribution in [2.45, 2.75) is 32.7 Å². The van der Waals surface area contributed by atoms with Crippen molar-refractivity contribution in [3.8, 4) is 34.3 Å². The highest BCUT2D eigenvalue weighted by Crippen LogP contribution is 2.30. The molecule has 2 heterocycles. The van der Waals surface area contributed by atoms with Crippen molar-refractivity contribution in [1.29, 1.82) is 0 Å². The maximum Gasteiger partial charge on any atom is 0.266 e. The molecule has 0 saturated carbocycles. The third-order valence-corrected chi connectivity index (χ3v) is 6.31. The van der Waals surface area contributed by atoms with Gasteiger partial charge in [-0.15, -0.1) is 10.2 Å². The first-order valence-electron chi connectivity index (χ1n) is 11.3. The van der Waals surface area contributed by atoms with Gasteiger partial charge in [-0.25, -0.2) is 0 Å². The fraction of sp³-hybridized carbons (Fsp3) is 0.179. The molecule has 0 amide bonds. The second-order valence-corrected chi connectivity index (χ2v) is 10.3. The molecule has 176 valence electrons. The zero-order valence-corrected chi connectivity index (χ0v) is 21.2. The molecule has 0 aliphatic heterocycles. The molecule has 0 unspecified atom stereocenters. The second-order valence-electron chi connectivity index (χ2n) is 9.45. The van der Waals surface area contributed by atoms with Crippen LogP contribution in [0, 0.1) is 0 Å². The molecule has 0 saturated heterocycles. The second kappa shape index (κ2) is 9.33.